The molecule has 0 fully saturated rings. The molecule has 2 heteroatoms. The molecular weight excluding hydrogens is 176 g/mol. The van der Waals surface area contributed by atoms with Crippen LogP contribution in [0.15, 0.2) is 24.3 Å². The van der Waals surface area contributed by atoms with Crippen molar-refractivity contribution < 1.29 is 9.53 Å². The number of Topliss-reactive ketones (excluding diaryl/α,β-unsaturated/α-hetero) is 1. The average Bonchev–Trinajstić information content (AvgIpc) is 2.18. The quantitative estimate of drug-likeness (QED) is 0.714. The van der Waals surface area contributed by atoms with Gasteiger partial charge in [0.1, 0.15) is 6.61 Å². The van der Waals surface area contributed by atoms with Crippen molar-refractivity contribution in [1.82, 2.24) is 0 Å². The molecule has 0 bridgehead atoms. The van der Waals surface area contributed by atoms with E-state index >= 15 is 0 Å². The standard InChI is InChI=1S/C12H16O2/c1-3-14-9-12(13)8-11-7-5-4-6-10(11)2/h4-7H,3,8-9H2,1-2H3. The summed E-state index contributed by atoms with van der Waals surface area (Å²) in [5.74, 6) is 0.140. The second-order valence-corrected chi connectivity index (χ2v) is 3.28. The van der Waals surface area contributed by atoms with E-state index in [1.165, 1.54) is 0 Å². The van der Waals surface area contributed by atoms with Crippen LogP contribution in [0, 0.1) is 6.92 Å². The molecule has 0 N–H and O–H groups in total. The van der Waals surface area contributed by atoms with Crippen LogP contribution in [0.1, 0.15) is 18.1 Å². The zero-order chi connectivity index (χ0) is 10.4. The molecule has 0 atom stereocenters. The topological polar surface area (TPSA) is 26.3 Å². The van der Waals surface area contributed by atoms with Crippen LogP contribution in [0.3, 0.4) is 0 Å². The van der Waals surface area contributed by atoms with Crippen LogP contribution in [0.25, 0.3) is 0 Å². The van der Waals surface area contributed by atoms with Crippen molar-refractivity contribution in [2.45, 2.75) is 20.3 Å². The van der Waals surface area contributed by atoms with Crippen LogP contribution < -0.4 is 0 Å². The minimum absolute atomic E-state index is 0.140. The number of rotatable bonds is 5. The van der Waals surface area contributed by atoms with Crippen LogP contribution in [0.4, 0.5) is 0 Å². The summed E-state index contributed by atoms with van der Waals surface area (Å²) in [5.41, 5.74) is 2.26. The lowest BCUT2D eigenvalue weighted by Crippen LogP contribution is -2.11. The molecule has 0 unspecified atom stereocenters. The van der Waals surface area contributed by atoms with E-state index < -0.39 is 0 Å². The SMILES string of the molecule is CCOCC(=O)Cc1ccccc1C. The number of aryl methyl sites for hydroxylation is 1. The van der Waals surface area contributed by atoms with Gasteiger partial charge in [-0.1, -0.05) is 24.3 Å². The molecule has 0 saturated carbocycles. The number of ketones is 1. The number of hydrogen-bond donors (Lipinski definition) is 0. The summed E-state index contributed by atoms with van der Waals surface area (Å²) in [6, 6.07) is 7.94. The molecule has 1 rings (SSSR count). The summed E-state index contributed by atoms with van der Waals surface area (Å²) >= 11 is 0. The highest BCUT2D eigenvalue weighted by atomic mass is 16.5. The number of carbonyl (C=O) groups excluding carboxylic acids is 1. The number of ether oxygens (including phenoxy) is 1. The van der Waals surface area contributed by atoms with Crippen LogP contribution in [-0.2, 0) is 16.0 Å². The van der Waals surface area contributed by atoms with Gasteiger partial charge in [0.05, 0.1) is 0 Å². The maximum Gasteiger partial charge on any atom is 0.162 e. The lowest BCUT2D eigenvalue weighted by Gasteiger charge is -2.04. The minimum Gasteiger partial charge on any atom is -0.374 e. The van der Waals surface area contributed by atoms with E-state index in [1.54, 1.807) is 0 Å². The zero-order valence-corrected chi connectivity index (χ0v) is 8.75. The largest absolute Gasteiger partial charge is 0.374 e. The van der Waals surface area contributed by atoms with E-state index in [-0.39, 0.29) is 12.4 Å². The molecule has 0 aliphatic heterocycles. The highest BCUT2D eigenvalue weighted by Gasteiger charge is 2.04. The fourth-order valence-corrected chi connectivity index (χ4v) is 1.29. The first-order chi connectivity index (χ1) is 6.74. The predicted molar refractivity (Wildman–Crippen MR) is 56.4 cm³/mol. The molecule has 76 valence electrons. The average molecular weight is 192 g/mol. The normalized spacial score (nSPS) is 10.1. The van der Waals surface area contributed by atoms with Gasteiger partial charge in [-0.05, 0) is 25.0 Å². The molecule has 1 aromatic rings. The van der Waals surface area contributed by atoms with Gasteiger partial charge in [-0.25, -0.2) is 0 Å². The van der Waals surface area contributed by atoms with Gasteiger partial charge in [0.25, 0.3) is 0 Å². The molecular formula is C12H16O2. The van der Waals surface area contributed by atoms with Crippen LogP contribution in [-0.4, -0.2) is 19.0 Å². The Kier molecular flexibility index (Phi) is 4.33. The second kappa shape index (κ2) is 5.55. The van der Waals surface area contributed by atoms with E-state index in [0.717, 1.165) is 11.1 Å². The first-order valence-electron chi connectivity index (χ1n) is 4.88. The third kappa shape index (κ3) is 3.30. The van der Waals surface area contributed by atoms with E-state index in [0.29, 0.717) is 13.0 Å². The summed E-state index contributed by atoms with van der Waals surface area (Å²) in [4.78, 5) is 11.4. The summed E-state index contributed by atoms with van der Waals surface area (Å²) in [6.45, 7) is 4.73. The summed E-state index contributed by atoms with van der Waals surface area (Å²) < 4.78 is 5.06. The maximum atomic E-state index is 11.4. The van der Waals surface area contributed by atoms with Gasteiger partial charge < -0.3 is 4.74 Å². The van der Waals surface area contributed by atoms with Crippen molar-refractivity contribution >= 4 is 5.78 Å². The highest BCUT2D eigenvalue weighted by molar-refractivity contribution is 5.82. The molecule has 0 amide bonds. The first kappa shape index (κ1) is 10.9. The van der Waals surface area contributed by atoms with E-state index in [2.05, 4.69) is 0 Å². The molecule has 0 aliphatic carbocycles. The molecule has 14 heavy (non-hydrogen) atoms. The summed E-state index contributed by atoms with van der Waals surface area (Å²) in [6.07, 6.45) is 0.479. The smallest absolute Gasteiger partial charge is 0.162 e. The van der Waals surface area contributed by atoms with Crippen molar-refractivity contribution in [3.8, 4) is 0 Å². The van der Waals surface area contributed by atoms with Gasteiger partial charge in [-0.3, -0.25) is 4.79 Å². The van der Waals surface area contributed by atoms with Gasteiger partial charge in [-0.15, -0.1) is 0 Å². The lowest BCUT2D eigenvalue weighted by molar-refractivity contribution is -0.122. The Morgan fingerprint density at radius 3 is 2.71 bits per heavy atom. The van der Waals surface area contributed by atoms with Gasteiger partial charge >= 0.3 is 0 Å². The Morgan fingerprint density at radius 2 is 2.07 bits per heavy atom. The second-order valence-electron chi connectivity index (χ2n) is 3.28. The summed E-state index contributed by atoms with van der Waals surface area (Å²) in [5, 5.41) is 0. The predicted octanol–water partition coefficient (Wildman–Crippen LogP) is 2.14. The van der Waals surface area contributed by atoms with Gasteiger partial charge in [-0.2, -0.15) is 0 Å². The van der Waals surface area contributed by atoms with E-state index in [9.17, 15) is 4.79 Å². The fraction of sp³-hybridized carbons (Fsp3) is 0.417. The van der Waals surface area contributed by atoms with E-state index in [4.69, 9.17) is 4.74 Å². The Morgan fingerprint density at radius 1 is 1.36 bits per heavy atom. The van der Waals surface area contributed by atoms with Crippen LogP contribution >= 0.6 is 0 Å². The molecule has 2 nitrogen and oxygen atoms in total. The van der Waals surface area contributed by atoms with Crippen LogP contribution in [0.5, 0.6) is 0 Å². The van der Waals surface area contributed by atoms with Crippen LogP contribution in [0.2, 0.25) is 0 Å². The molecule has 0 heterocycles. The monoisotopic (exact) mass is 192 g/mol. The molecule has 0 radical (unpaired) electrons. The molecule has 0 aromatic heterocycles. The maximum absolute atomic E-state index is 11.4. The third-order valence-corrected chi connectivity index (χ3v) is 2.12. The molecule has 0 spiro atoms. The van der Waals surface area contributed by atoms with E-state index in [1.807, 2.05) is 38.1 Å². The molecule has 1 aromatic carbocycles. The van der Waals surface area contributed by atoms with Gasteiger partial charge in [0, 0.05) is 13.0 Å². The molecule has 0 aliphatic rings. The van der Waals surface area contributed by atoms with Gasteiger partial charge in [0.2, 0.25) is 0 Å². The lowest BCUT2D eigenvalue weighted by atomic mass is 10.0. The Balaban J connectivity index is 2.52. The van der Waals surface area contributed by atoms with Gasteiger partial charge in [0.15, 0.2) is 5.78 Å². The third-order valence-electron chi connectivity index (χ3n) is 2.12. The van der Waals surface area contributed by atoms with Crippen molar-refractivity contribution in [3.05, 3.63) is 35.4 Å². The Bertz CT molecular complexity index is 305. The minimum atomic E-state index is 0.140. The molecule has 0 saturated heterocycles. The first-order valence-corrected chi connectivity index (χ1v) is 4.88. The number of hydrogen-bond acceptors (Lipinski definition) is 2. The zero-order valence-electron chi connectivity index (χ0n) is 8.75. The van der Waals surface area contributed by atoms with Crippen molar-refractivity contribution in [2.75, 3.05) is 13.2 Å². The number of benzene rings is 1. The number of carbonyl (C=O) groups is 1. The highest BCUT2D eigenvalue weighted by Crippen LogP contribution is 2.07. The Labute approximate surface area is 84.9 Å². The van der Waals surface area contributed by atoms with Crippen molar-refractivity contribution in [2.24, 2.45) is 0 Å². The van der Waals surface area contributed by atoms with Crippen molar-refractivity contribution in [1.29, 1.82) is 0 Å². The van der Waals surface area contributed by atoms with Crippen molar-refractivity contribution in [3.63, 3.8) is 0 Å². The summed E-state index contributed by atoms with van der Waals surface area (Å²) in [7, 11) is 0. The fourth-order valence-electron chi connectivity index (χ4n) is 1.29. The Hall–Kier alpha value is -1.15.